The van der Waals surface area contributed by atoms with Crippen molar-refractivity contribution in [2.45, 2.75) is 12.2 Å². The minimum atomic E-state index is -0.783. The molecule has 2 unspecified atom stereocenters. The fourth-order valence-corrected chi connectivity index (χ4v) is 1.35. The van der Waals surface area contributed by atoms with E-state index < -0.39 is 10.8 Å². The molecule has 1 rings (SSSR count). The topological polar surface area (TPSA) is 55.1 Å². The van der Waals surface area contributed by atoms with E-state index in [0.717, 1.165) is 11.4 Å². The van der Waals surface area contributed by atoms with E-state index in [4.69, 9.17) is 5.73 Å². The third-order valence-corrected chi connectivity index (χ3v) is 3.35. The normalized spacial score (nSPS) is 14.7. The SMILES string of the molecule is CC(CNc1cccc(N)c1)S(C)=O. The van der Waals surface area contributed by atoms with Crippen molar-refractivity contribution in [2.75, 3.05) is 23.9 Å². The fourth-order valence-electron chi connectivity index (χ4n) is 1.03. The number of hydrogen-bond donors (Lipinski definition) is 2. The molecule has 1 aromatic rings. The molecule has 0 aliphatic heterocycles. The van der Waals surface area contributed by atoms with E-state index in [9.17, 15) is 4.21 Å². The van der Waals surface area contributed by atoms with Gasteiger partial charge in [0, 0.05) is 40.2 Å². The summed E-state index contributed by atoms with van der Waals surface area (Å²) in [4.78, 5) is 0. The number of hydrogen-bond acceptors (Lipinski definition) is 3. The van der Waals surface area contributed by atoms with Gasteiger partial charge in [-0.3, -0.25) is 4.21 Å². The van der Waals surface area contributed by atoms with Crippen LogP contribution < -0.4 is 11.1 Å². The number of nitrogens with two attached hydrogens (primary N) is 1. The lowest BCUT2D eigenvalue weighted by Crippen LogP contribution is -2.20. The molecule has 1 aromatic carbocycles. The lowest BCUT2D eigenvalue weighted by atomic mass is 10.3. The summed E-state index contributed by atoms with van der Waals surface area (Å²) in [5, 5.41) is 3.34. The molecule has 2 atom stereocenters. The van der Waals surface area contributed by atoms with Crippen LogP contribution in [0.4, 0.5) is 11.4 Å². The summed E-state index contributed by atoms with van der Waals surface area (Å²) >= 11 is 0. The van der Waals surface area contributed by atoms with Gasteiger partial charge in [0.25, 0.3) is 0 Å². The van der Waals surface area contributed by atoms with Crippen LogP contribution in [0, 0.1) is 0 Å². The van der Waals surface area contributed by atoms with Crippen molar-refractivity contribution in [1.29, 1.82) is 0 Å². The van der Waals surface area contributed by atoms with Crippen LogP contribution in [0.5, 0.6) is 0 Å². The van der Waals surface area contributed by atoms with Gasteiger partial charge in [-0.25, -0.2) is 0 Å². The maximum absolute atomic E-state index is 11.1. The molecule has 3 N–H and O–H groups in total. The van der Waals surface area contributed by atoms with Gasteiger partial charge in [0.1, 0.15) is 0 Å². The Labute approximate surface area is 87.2 Å². The van der Waals surface area contributed by atoms with Crippen molar-refractivity contribution in [2.24, 2.45) is 0 Å². The van der Waals surface area contributed by atoms with Crippen molar-refractivity contribution < 1.29 is 4.21 Å². The van der Waals surface area contributed by atoms with Gasteiger partial charge < -0.3 is 11.1 Å². The first kappa shape index (κ1) is 11.0. The Morgan fingerprint density at radius 1 is 1.57 bits per heavy atom. The molecule has 0 aromatic heterocycles. The van der Waals surface area contributed by atoms with Crippen molar-refractivity contribution >= 4 is 22.2 Å². The highest BCUT2D eigenvalue weighted by Gasteiger charge is 2.04. The molecule has 3 nitrogen and oxygen atoms in total. The molecule has 0 fully saturated rings. The minimum absolute atomic E-state index is 0.149. The van der Waals surface area contributed by atoms with Crippen LogP contribution >= 0.6 is 0 Å². The lowest BCUT2D eigenvalue weighted by molar-refractivity contribution is 0.679. The standard InChI is InChI=1S/C10H16N2OS/c1-8(14(2)13)7-12-10-5-3-4-9(11)6-10/h3-6,8,12H,7,11H2,1-2H3. The highest BCUT2D eigenvalue weighted by atomic mass is 32.2. The summed E-state index contributed by atoms with van der Waals surface area (Å²) in [6, 6.07) is 7.55. The van der Waals surface area contributed by atoms with Gasteiger partial charge in [-0.15, -0.1) is 0 Å². The lowest BCUT2D eigenvalue weighted by Gasteiger charge is -2.11. The molecular weight excluding hydrogens is 196 g/mol. The van der Waals surface area contributed by atoms with Gasteiger partial charge in [-0.05, 0) is 25.1 Å². The molecule has 0 bridgehead atoms. The fraction of sp³-hybridized carbons (Fsp3) is 0.400. The average Bonchev–Trinajstić information content (AvgIpc) is 2.14. The van der Waals surface area contributed by atoms with Gasteiger partial charge in [-0.2, -0.15) is 0 Å². The molecular formula is C10H16N2OS. The molecule has 14 heavy (non-hydrogen) atoms. The van der Waals surface area contributed by atoms with Crippen LogP contribution in [0.1, 0.15) is 6.92 Å². The Morgan fingerprint density at radius 2 is 2.29 bits per heavy atom. The minimum Gasteiger partial charge on any atom is -0.399 e. The smallest absolute Gasteiger partial charge is 0.0489 e. The summed E-state index contributed by atoms with van der Waals surface area (Å²) in [7, 11) is -0.783. The zero-order valence-corrected chi connectivity index (χ0v) is 9.30. The van der Waals surface area contributed by atoms with E-state index in [-0.39, 0.29) is 5.25 Å². The van der Waals surface area contributed by atoms with Gasteiger partial charge in [0.05, 0.1) is 0 Å². The predicted molar refractivity (Wildman–Crippen MR) is 62.9 cm³/mol. The first-order valence-electron chi connectivity index (χ1n) is 4.51. The van der Waals surface area contributed by atoms with E-state index in [1.54, 1.807) is 6.26 Å². The predicted octanol–water partition coefficient (Wildman–Crippen LogP) is 1.45. The summed E-state index contributed by atoms with van der Waals surface area (Å²) in [5.74, 6) is 0. The van der Waals surface area contributed by atoms with Gasteiger partial charge in [-0.1, -0.05) is 6.07 Å². The highest BCUT2D eigenvalue weighted by molar-refractivity contribution is 7.84. The first-order chi connectivity index (χ1) is 6.59. The van der Waals surface area contributed by atoms with E-state index in [2.05, 4.69) is 5.32 Å². The Kier molecular flexibility index (Phi) is 3.95. The second kappa shape index (κ2) is 5.00. The average molecular weight is 212 g/mol. The van der Waals surface area contributed by atoms with Gasteiger partial charge >= 0.3 is 0 Å². The number of anilines is 2. The summed E-state index contributed by atoms with van der Waals surface area (Å²) in [6.07, 6.45) is 1.71. The van der Waals surface area contributed by atoms with Gasteiger partial charge in [0.2, 0.25) is 0 Å². The van der Waals surface area contributed by atoms with Crippen LogP contribution in [0.15, 0.2) is 24.3 Å². The maximum atomic E-state index is 11.1. The van der Waals surface area contributed by atoms with Crippen LogP contribution in [0.3, 0.4) is 0 Å². The molecule has 0 aliphatic rings. The zero-order valence-electron chi connectivity index (χ0n) is 8.49. The molecule has 0 saturated carbocycles. The second-order valence-electron chi connectivity index (χ2n) is 3.32. The number of rotatable bonds is 4. The van der Waals surface area contributed by atoms with Crippen molar-refractivity contribution in [3.8, 4) is 0 Å². The van der Waals surface area contributed by atoms with Crippen molar-refractivity contribution in [3.63, 3.8) is 0 Å². The number of nitrogens with one attached hydrogen (secondary N) is 1. The van der Waals surface area contributed by atoms with E-state index in [1.165, 1.54) is 0 Å². The molecule has 4 heteroatoms. The maximum Gasteiger partial charge on any atom is 0.0489 e. The quantitative estimate of drug-likeness (QED) is 0.743. The molecule has 0 saturated heterocycles. The molecule has 0 aliphatic carbocycles. The van der Waals surface area contributed by atoms with Crippen LogP contribution in [0.2, 0.25) is 0 Å². The molecule has 0 radical (unpaired) electrons. The summed E-state index contributed by atoms with van der Waals surface area (Å²) in [6.45, 7) is 2.65. The third-order valence-electron chi connectivity index (χ3n) is 2.05. The van der Waals surface area contributed by atoms with E-state index >= 15 is 0 Å². The van der Waals surface area contributed by atoms with Crippen molar-refractivity contribution in [3.05, 3.63) is 24.3 Å². The molecule has 0 amide bonds. The third kappa shape index (κ3) is 3.38. The Hall–Kier alpha value is -1.03. The highest BCUT2D eigenvalue weighted by Crippen LogP contribution is 2.11. The monoisotopic (exact) mass is 212 g/mol. The van der Waals surface area contributed by atoms with Crippen LogP contribution in [-0.4, -0.2) is 22.3 Å². The molecule has 0 heterocycles. The van der Waals surface area contributed by atoms with Gasteiger partial charge in [0.15, 0.2) is 0 Å². The second-order valence-corrected chi connectivity index (χ2v) is 5.12. The number of benzene rings is 1. The Balaban J connectivity index is 2.49. The Morgan fingerprint density at radius 3 is 2.86 bits per heavy atom. The largest absolute Gasteiger partial charge is 0.399 e. The Bertz CT molecular complexity index is 328. The van der Waals surface area contributed by atoms with Crippen LogP contribution in [-0.2, 0) is 10.8 Å². The summed E-state index contributed by atoms with van der Waals surface area (Å²) in [5.41, 5.74) is 7.34. The zero-order chi connectivity index (χ0) is 10.6. The summed E-state index contributed by atoms with van der Waals surface area (Å²) < 4.78 is 11.1. The number of nitrogen functional groups attached to an aromatic ring is 1. The van der Waals surface area contributed by atoms with Crippen LogP contribution in [0.25, 0.3) is 0 Å². The molecule has 0 spiro atoms. The first-order valence-corrected chi connectivity index (χ1v) is 6.13. The van der Waals surface area contributed by atoms with Crippen molar-refractivity contribution in [1.82, 2.24) is 0 Å². The van der Waals surface area contributed by atoms with E-state index in [1.807, 2.05) is 31.2 Å². The molecule has 78 valence electrons. The van der Waals surface area contributed by atoms with E-state index in [0.29, 0.717) is 6.54 Å².